The average Bonchev–Trinajstić information content (AvgIpc) is 2.98. The lowest BCUT2D eigenvalue weighted by molar-refractivity contribution is -0.130. The van der Waals surface area contributed by atoms with Crippen molar-refractivity contribution in [2.45, 2.75) is 44.6 Å². The summed E-state index contributed by atoms with van der Waals surface area (Å²) >= 11 is 5.98. The summed E-state index contributed by atoms with van der Waals surface area (Å²) in [5.74, 6) is -0.406. The van der Waals surface area contributed by atoms with Gasteiger partial charge in [-0.25, -0.2) is 0 Å². The zero-order valence-electron chi connectivity index (χ0n) is 13.4. The Bertz CT molecular complexity index is 692. The van der Waals surface area contributed by atoms with Crippen molar-refractivity contribution < 1.29 is 9.59 Å². The van der Waals surface area contributed by atoms with Crippen LogP contribution in [0.5, 0.6) is 0 Å². The first-order chi connectivity index (χ1) is 11.6. The van der Waals surface area contributed by atoms with Gasteiger partial charge in [0.1, 0.15) is 6.07 Å². The average molecular weight is 346 g/mol. The molecule has 1 aromatic carbocycles. The smallest absolute Gasteiger partial charge is 0.229 e. The summed E-state index contributed by atoms with van der Waals surface area (Å²) < 4.78 is 0. The zero-order valence-corrected chi connectivity index (χ0v) is 14.2. The number of anilines is 1. The Labute approximate surface area is 146 Å². The molecule has 0 radical (unpaired) electrons. The molecular formula is C18H20ClN3O2. The molecule has 24 heavy (non-hydrogen) atoms. The number of amides is 2. The maximum Gasteiger partial charge on any atom is 0.229 e. The van der Waals surface area contributed by atoms with Crippen LogP contribution in [0.2, 0.25) is 5.02 Å². The van der Waals surface area contributed by atoms with Crippen LogP contribution >= 0.6 is 11.6 Å². The van der Waals surface area contributed by atoms with Crippen LogP contribution in [0.1, 0.15) is 44.1 Å². The number of hydrogen-bond donors (Lipinski definition) is 1. The van der Waals surface area contributed by atoms with Crippen LogP contribution in [0.3, 0.4) is 0 Å². The second-order valence-corrected chi connectivity index (χ2v) is 6.94. The Kier molecular flexibility index (Phi) is 5.06. The molecule has 0 aromatic heterocycles. The number of nitrogens with zero attached hydrogens (tertiary/aromatic N) is 2. The third-order valence-electron chi connectivity index (χ3n) is 4.90. The first-order valence-electron chi connectivity index (χ1n) is 8.38. The highest BCUT2D eigenvalue weighted by atomic mass is 35.5. The van der Waals surface area contributed by atoms with Crippen LogP contribution < -0.4 is 5.32 Å². The summed E-state index contributed by atoms with van der Waals surface area (Å²) in [6.07, 6.45) is 5.93. The van der Waals surface area contributed by atoms with E-state index in [0.717, 1.165) is 25.7 Å². The van der Waals surface area contributed by atoms with E-state index < -0.39 is 0 Å². The van der Waals surface area contributed by atoms with Gasteiger partial charge in [0.2, 0.25) is 11.8 Å². The predicted molar refractivity (Wildman–Crippen MR) is 91.5 cm³/mol. The van der Waals surface area contributed by atoms with Crippen molar-refractivity contribution in [2.24, 2.45) is 5.92 Å². The number of likely N-dealkylation sites (tertiary alicyclic amines) is 1. The van der Waals surface area contributed by atoms with Gasteiger partial charge in [-0.15, -0.1) is 0 Å². The minimum Gasteiger partial charge on any atom is -0.339 e. The molecule has 2 fully saturated rings. The molecule has 1 aliphatic carbocycles. The molecule has 0 spiro atoms. The highest BCUT2D eigenvalue weighted by Gasteiger charge is 2.38. The lowest BCUT2D eigenvalue weighted by Gasteiger charge is -2.31. The van der Waals surface area contributed by atoms with Crippen LogP contribution in [0, 0.1) is 17.2 Å². The highest BCUT2D eigenvalue weighted by molar-refractivity contribution is 6.32. The van der Waals surface area contributed by atoms with Gasteiger partial charge in [-0.1, -0.05) is 30.9 Å². The lowest BCUT2D eigenvalue weighted by Crippen LogP contribution is -2.38. The third-order valence-corrected chi connectivity index (χ3v) is 5.21. The molecule has 1 saturated heterocycles. The van der Waals surface area contributed by atoms with Crippen molar-refractivity contribution in [1.29, 1.82) is 5.26 Å². The Morgan fingerprint density at radius 3 is 2.71 bits per heavy atom. The van der Waals surface area contributed by atoms with Crippen LogP contribution in [0.4, 0.5) is 5.69 Å². The Balaban J connectivity index is 1.62. The van der Waals surface area contributed by atoms with Gasteiger partial charge in [-0.3, -0.25) is 9.59 Å². The largest absolute Gasteiger partial charge is 0.339 e. The van der Waals surface area contributed by atoms with Gasteiger partial charge in [-0.2, -0.15) is 5.26 Å². The van der Waals surface area contributed by atoms with Crippen LogP contribution in [-0.2, 0) is 9.59 Å². The Morgan fingerprint density at radius 2 is 2.04 bits per heavy atom. The van der Waals surface area contributed by atoms with Gasteiger partial charge in [0.25, 0.3) is 0 Å². The molecule has 5 nitrogen and oxygen atoms in total. The molecule has 1 aliphatic heterocycles. The molecule has 0 unspecified atom stereocenters. The summed E-state index contributed by atoms with van der Waals surface area (Å²) in [5, 5.41) is 12.0. The first-order valence-corrected chi connectivity index (χ1v) is 8.76. The van der Waals surface area contributed by atoms with Crippen LogP contribution in [0.25, 0.3) is 0 Å². The van der Waals surface area contributed by atoms with E-state index in [1.165, 1.54) is 6.42 Å². The van der Waals surface area contributed by atoms with Gasteiger partial charge in [0.15, 0.2) is 0 Å². The van der Waals surface area contributed by atoms with E-state index in [9.17, 15) is 9.59 Å². The highest BCUT2D eigenvalue weighted by Crippen LogP contribution is 2.29. The maximum absolute atomic E-state index is 12.5. The molecule has 6 heteroatoms. The summed E-state index contributed by atoms with van der Waals surface area (Å²) in [6, 6.07) is 7.07. The Hall–Kier alpha value is -2.06. The molecule has 1 N–H and O–H groups in total. The summed E-state index contributed by atoms with van der Waals surface area (Å²) in [5.41, 5.74) is 0.918. The normalized spacial score (nSPS) is 21.6. The molecule has 1 saturated carbocycles. The molecule has 2 aliphatic rings. The van der Waals surface area contributed by atoms with Gasteiger partial charge in [0, 0.05) is 24.7 Å². The quantitative estimate of drug-likeness (QED) is 0.913. The van der Waals surface area contributed by atoms with Gasteiger partial charge >= 0.3 is 0 Å². The van der Waals surface area contributed by atoms with E-state index in [0.29, 0.717) is 28.9 Å². The molecule has 1 aromatic rings. The Morgan fingerprint density at radius 1 is 1.29 bits per heavy atom. The van der Waals surface area contributed by atoms with Crippen molar-refractivity contribution in [1.82, 2.24) is 4.90 Å². The van der Waals surface area contributed by atoms with E-state index in [1.807, 2.05) is 11.0 Å². The molecule has 2 amide bonds. The minimum absolute atomic E-state index is 0.0833. The van der Waals surface area contributed by atoms with Crippen molar-refractivity contribution in [3.05, 3.63) is 28.8 Å². The number of carbonyl (C=O) groups is 2. The number of carbonyl (C=O) groups excluding carboxylic acids is 2. The molecule has 126 valence electrons. The number of benzene rings is 1. The second-order valence-electron chi connectivity index (χ2n) is 6.53. The summed E-state index contributed by atoms with van der Waals surface area (Å²) in [6.45, 7) is 0.499. The SMILES string of the molecule is N#Cc1ccc(NC(=O)[C@H]2CC(=O)N(C3CCCCC3)C2)cc1Cl. The topological polar surface area (TPSA) is 73.2 Å². The van der Waals surface area contributed by atoms with E-state index in [4.69, 9.17) is 16.9 Å². The van der Waals surface area contributed by atoms with E-state index in [1.54, 1.807) is 18.2 Å². The molecule has 1 atom stereocenters. The fourth-order valence-corrected chi connectivity index (χ4v) is 3.80. The molecule has 0 bridgehead atoms. The number of hydrogen-bond acceptors (Lipinski definition) is 3. The number of nitrogens with one attached hydrogen (secondary N) is 1. The minimum atomic E-state index is -0.325. The van der Waals surface area contributed by atoms with Crippen LogP contribution in [-0.4, -0.2) is 29.3 Å². The second kappa shape index (κ2) is 7.23. The number of halogens is 1. The number of rotatable bonds is 3. The van der Waals surface area contributed by atoms with Crippen molar-refractivity contribution >= 4 is 29.1 Å². The summed E-state index contributed by atoms with van der Waals surface area (Å²) in [4.78, 5) is 26.6. The lowest BCUT2D eigenvalue weighted by atomic mass is 9.94. The number of nitriles is 1. The molecular weight excluding hydrogens is 326 g/mol. The fourth-order valence-electron chi connectivity index (χ4n) is 3.58. The van der Waals surface area contributed by atoms with E-state index in [-0.39, 0.29) is 24.2 Å². The standard InChI is InChI=1S/C18H20ClN3O2/c19-16-9-14(7-6-12(16)10-20)21-18(24)13-8-17(23)22(11-13)15-4-2-1-3-5-15/h6-7,9,13,15H,1-5,8,11H2,(H,21,24)/t13-/m0/s1. The van der Waals surface area contributed by atoms with Crippen molar-refractivity contribution in [3.63, 3.8) is 0 Å². The summed E-state index contributed by atoms with van der Waals surface area (Å²) in [7, 11) is 0. The monoisotopic (exact) mass is 345 g/mol. The van der Waals surface area contributed by atoms with Gasteiger partial charge in [0.05, 0.1) is 16.5 Å². The van der Waals surface area contributed by atoms with Gasteiger partial charge in [-0.05, 0) is 31.0 Å². The first kappa shape index (κ1) is 16.8. The molecule has 1 heterocycles. The predicted octanol–water partition coefficient (Wildman–Crippen LogP) is 3.33. The van der Waals surface area contributed by atoms with Crippen molar-refractivity contribution in [2.75, 3.05) is 11.9 Å². The van der Waals surface area contributed by atoms with E-state index >= 15 is 0 Å². The van der Waals surface area contributed by atoms with E-state index in [2.05, 4.69) is 5.32 Å². The molecule has 3 rings (SSSR count). The van der Waals surface area contributed by atoms with Crippen molar-refractivity contribution in [3.8, 4) is 6.07 Å². The van der Waals surface area contributed by atoms with Crippen LogP contribution in [0.15, 0.2) is 18.2 Å². The van der Waals surface area contributed by atoms with Gasteiger partial charge < -0.3 is 10.2 Å². The zero-order chi connectivity index (χ0) is 17.1. The third kappa shape index (κ3) is 3.54. The maximum atomic E-state index is 12.5. The fraction of sp³-hybridized carbons (Fsp3) is 0.500.